The fraction of sp³-hybridized carbons (Fsp3) is 0.182. The third-order valence-corrected chi connectivity index (χ3v) is 2.03. The summed E-state index contributed by atoms with van der Waals surface area (Å²) >= 11 is 0. The fourth-order valence-corrected chi connectivity index (χ4v) is 1.26. The maximum atomic E-state index is 4.10. The van der Waals surface area contributed by atoms with Crippen molar-refractivity contribution in [2.75, 3.05) is 0 Å². The molecule has 0 aliphatic carbocycles. The third-order valence-electron chi connectivity index (χ3n) is 2.03. The topological polar surface area (TPSA) is 17.8 Å². The number of benzene rings is 1. The van der Waals surface area contributed by atoms with Crippen LogP contribution in [0.1, 0.15) is 11.3 Å². The Labute approximate surface area is 77.8 Å². The summed E-state index contributed by atoms with van der Waals surface area (Å²) < 4.78 is 1.94. The van der Waals surface area contributed by atoms with Crippen molar-refractivity contribution in [2.24, 2.45) is 0 Å². The zero-order chi connectivity index (χ0) is 9.10. The van der Waals surface area contributed by atoms with E-state index >= 15 is 0 Å². The summed E-state index contributed by atoms with van der Waals surface area (Å²) in [5.41, 5.74) is 2.41. The quantitative estimate of drug-likeness (QED) is 0.676. The van der Waals surface area contributed by atoms with Gasteiger partial charge in [-0.05, 0) is 18.6 Å². The molecule has 0 fully saturated rings. The number of aryl methyl sites for hydroxylation is 1. The molecule has 0 bridgehead atoms. The maximum Gasteiger partial charge on any atom is 0.113 e. The van der Waals surface area contributed by atoms with Crippen LogP contribution >= 0.6 is 0 Å². The van der Waals surface area contributed by atoms with E-state index in [4.69, 9.17) is 0 Å². The lowest BCUT2D eigenvalue weighted by Gasteiger charge is -2.03. The van der Waals surface area contributed by atoms with Gasteiger partial charge in [0.2, 0.25) is 0 Å². The molecule has 65 valence electrons. The lowest BCUT2D eigenvalue weighted by molar-refractivity contribution is 0.664. The summed E-state index contributed by atoms with van der Waals surface area (Å²) in [5.74, 6) is 0. The van der Waals surface area contributed by atoms with Gasteiger partial charge in [-0.3, -0.25) is 4.68 Å². The molecule has 1 radical (unpaired) electrons. The van der Waals surface area contributed by atoms with Crippen LogP contribution < -0.4 is 0 Å². The van der Waals surface area contributed by atoms with Gasteiger partial charge in [0.1, 0.15) is 6.20 Å². The molecule has 2 aromatic rings. The van der Waals surface area contributed by atoms with Gasteiger partial charge in [0, 0.05) is 5.69 Å². The number of nitrogens with zero attached hydrogens (tertiary/aromatic N) is 2. The van der Waals surface area contributed by atoms with Crippen LogP contribution in [0.25, 0.3) is 0 Å². The minimum Gasteiger partial charge on any atom is -0.265 e. The van der Waals surface area contributed by atoms with Gasteiger partial charge in [0.15, 0.2) is 0 Å². The van der Waals surface area contributed by atoms with Crippen LogP contribution in [0.3, 0.4) is 0 Å². The summed E-state index contributed by atoms with van der Waals surface area (Å²) in [7, 11) is 0. The highest BCUT2D eigenvalue weighted by atomic mass is 15.3. The normalized spacial score (nSPS) is 10.2. The Hall–Kier alpha value is -1.57. The number of hydrogen-bond acceptors (Lipinski definition) is 1. The molecule has 0 N–H and O–H groups in total. The van der Waals surface area contributed by atoms with Gasteiger partial charge in [-0.25, -0.2) is 0 Å². The van der Waals surface area contributed by atoms with Crippen molar-refractivity contribution in [3.63, 3.8) is 0 Å². The van der Waals surface area contributed by atoms with Crippen molar-refractivity contribution in [3.8, 4) is 0 Å². The van der Waals surface area contributed by atoms with E-state index in [1.807, 2.05) is 35.9 Å². The first-order valence-corrected chi connectivity index (χ1v) is 4.31. The fourth-order valence-electron chi connectivity index (χ4n) is 1.26. The first kappa shape index (κ1) is 8.05. The van der Waals surface area contributed by atoms with Gasteiger partial charge in [0.25, 0.3) is 0 Å². The van der Waals surface area contributed by atoms with Gasteiger partial charge in [-0.1, -0.05) is 30.3 Å². The average molecular weight is 171 g/mol. The summed E-state index contributed by atoms with van der Waals surface area (Å²) in [4.78, 5) is 0. The summed E-state index contributed by atoms with van der Waals surface area (Å²) in [6.45, 7) is 2.86. The summed E-state index contributed by atoms with van der Waals surface area (Å²) in [6.07, 6.45) is 2.83. The van der Waals surface area contributed by atoms with E-state index in [-0.39, 0.29) is 0 Å². The standard InChI is InChI=1S/C11H11N2/c1-10-7-8-12-13(10)9-11-5-3-2-4-6-11/h2-7H,9H2,1H3. The molecule has 0 saturated carbocycles. The molecule has 0 aliphatic heterocycles. The van der Waals surface area contributed by atoms with Crippen molar-refractivity contribution >= 4 is 0 Å². The summed E-state index contributed by atoms with van der Waals surface area (Å²) in [5, 5.41) is 4.10. The molecule has 0 aliphatic rings. The smallest absolute Gasteiger partial charge is 0.113 e. The Kier molecular flexibility index (Phi) is 2.13. The molecule has 2 rings (SSSR count). The largest absolute Gasteiger partial charge is 0.265 e. The van der Waals surface area contributed by atoms with E-state index in [0.717, 1.165) is 12.2 Å². The van der Waals surface area contributed by atoms with Crippen LogP contribution in [0.2, 0.25) is 0 Å². The zero-order valence-corrected chi connectivity index (χ0v) is 7.57. The van der Waals surface area contributed by atoms with Crippen LogP contribution in [-0.4, -0.2) is 9.78 Å². The second kappa shape index (κ2) is 3.44. The van der Waals surface area contributed by atoms with Gasteiger partial charge in [-0.15, -0.1) is 0 Å². The van der Waals surface area contributed by atoms with Crippen molar-refractivity contribution in [1.82, 2.24) is 9.78 Å². The average Bonchev–Trinajstić information content (AvgIpc) is 2.54. The minimum absolute atomic E-state index is 0.830. The number of aromatic nitrogens is 2. The van der Waals surface area contributed by atoms with Crippen LogP contribution in [0.4, 0.5) is 0 Å². The van der Waals surface area contributed by atoms with Gasteiger partial charge in [0.05, 0.1) is 6.54 Å². The van der Waals surface area contributed by atoms with Crippen LogP contribution in [-0.2, 0) is 6.54 Å². The molecule has 0 unspecified atom stereocenters. The first-order valence-electron chi connectivity index (χ1n) is 4.31. The van der Waals surface area contributed by atoms with E-state index in [1.54, 1.807) is 0 Å². The summed E-state index contributed by atoms with van der Waals surface area (Å²) in [6, 6.07) is 12.2. The Morgan fingerprint density at radius 2 is 2.08 bits per heavy atom. The molecule has 2 heteroatoms. The van der Waals surface area contributed by atoms with Crippen LogP contribution in [0.15, 0.2) is 36.4 Å². The molecule has 2 nitrogen and oxygen atoms in total. The number of rotatable bonds is 2. The third kappa shape index (κ3) is 1.78. The van der Waals surface area contributed by atoms with Gasteiger partial charge >= 0.3 is 0 Å². The predicted molar refractivity (Wildman–Crippen MR) is 51.3 cm³/mol. The Balaban J connectivity index is 2.20. The lowest BCUT2D eigenvalue weighted by atomic mass is 10.2. The Morgan fingerprint density at radius 3 is 2.69 bits per heavy atom. The molecular formula is C11H11N2. The second-order valence-corrected chi connectivity index (χ2v) is 3.06. The van der Waals surface area contributed by atoms with E-state index < -0.39 is 0 Å². The second-order valence-electron chi connectivity index (χ2n) is 3.06. The molecular weight excluding hydrogens is 160 g/mol. The van der Waals surface area contributed by atoms with Crippen LogP contribution in [0, 0.1) is 13.1 Å². The Bertz CT molecular complexity index is 376. The van der Waals surface area contributed by atoms with Crippen molar-refractivity contribution in [1.29, 1.82) is 0 Å². The van der Waals surface area contributed by atoms with E-state index in [9.17, 15) is 0 Å². The molecule has 1 aromatic heterocycles. The first-order chi connectivity index (χ1) is 6.36. The molecule has 0 amide bonds. The molecule has 13 heavy (non-hydrogen) atoms. The van der Waals surface area contributed by atoms with Crippen molar-refractivity contribution in [2.45, 2.75) is 13.5 Å². The maximum absolute atomic E-state index is 4.10. The van der Waals surface area contributed by atoms with E-state index in [0.29, 0.717) is 0 Å². The van der Waals surface area contributed by atoms with Gasteiger partial charge in [-0.2, -0.15) is 5.10 Å². The minimum atomic E-state index is 0.830. The van der Waals surface area contributed by atoms with Gasteiger partial charge < -0.3 is 0 Å². The van der Waals surface area contributed by atoms with Crippen LogP contribution in [0.5, 0.6) is 0 Å². The van der Waals surface area contributed by atoms with E-state index in [1.165, 1.54) is 5.56 Å². The highest BCUT2D eigenvalue weighted by Gasteiger charge is 1.97. The highest BCUT2D eigenvalue weighted by molar-refractivity contribution is 5.15. The molecule has 0 spiro atoms. The SMILES string of the molecule is Cc1c[c]nn1Cc1ccccc1. The molecule has 1 heterocycles. The lowest BCUT2D eigenvalue weighted by Crippen LogP contribution is -2.02. The molecule has 0 atom stereocenters. The number of hydrogen-bond donors (Lipinski definition) is 0. The van der Waals surface area contributed by atoms with E-state index in [2.05, 4.69) is 23.4 Å². The van der Waals surface area contributed by atoms with Crippen molar-refractivity contribution < 1.29 is 0 Å². The monoisotopic (exact) mass is 171 g/mol. The highest BCUT2D eigenvalue weighted by Crippen LogP contribution is 2.03. The molecule has 1 aromatic carbocycles. The Morgan fingerprint density at radius 1 is 1.31 bits per heavy atom. The predicted octanol–water partition coefficient (Wildman–Crippen LogP) is 2.04. The zero-order valence-electron chi connectivity index (χ0n) is 7.57. The molecule has 0 saturated heterocycles. The van der Waals surface area contributed by atoms with Crippen molar-refractivity contribution in [3.05, 3.63) is 53.9 Å².